The van der Waals surface area contributed by atoms with Crippen LogP contribution in [0.3, 0.4) is 0 Å². The quantitative estimate of drug-likeness (QED) is 0.820. The van der Waals surface area contributed by atoms with Crippen LogP contribution in [0, 0.1) is 13.8 Å². The minimum absolute atomic E-state index is 0.372. The largest absolute Gasteiger partial charge is 0.307 e. The highest BCUT2D eigenvalue weighted by atomic mass is 15.3. The van der Waals surface area contributed by atoms with E-state index in [0.29, 0.717) is 6.04 Å². The number of hydrogen-bond donors (Lipinski definition) is 2. The Kier molecular flexibility index (Phi) is 3.58. The summed E-state index contributed by atoms with van der Waals surface area (Å²) in [6, 6.07) is 4.45. The zero-order chi connectivity index (χ0) is 12.3. The van der Waals surface area contributed by atoms with Crippen molar-refractivity contribution in [3.63, 3.8) is 0 Å². The first-order chi connectivity index (χ1) is 8.15. The van der Waals surface area contributed by atoms with Crippen molar-refractivity contribution in [2.24, 2.45) is 0 Å². The molecule has 2 aromatic rings. The summed E-state index contributed by atoms with van der Waals surface area (Å²) < 4.78 is 2.04. The molecule has 17 heavy (non-hydrogen) atoms. The van der Waals surface area contributed by atoms with Crippen molar-refractivity contribution >= 4 is 0 Å². The molecule has 0 spiro atoms. The summed E-state index contributed by atoms with van der Waals surface area (Å²) in [6.45, 7) is 7.95. The normalized spacial score (nSPS) is 12.9. The van der Waals surface area contributed by atoms with E-state index in [-0.39, 0.29) is 0 Å². The first kappa shape index (κ1) is 11.9. The van der Waals surface area contributed by atoms with Gasteiger partial charge in [-0.2, -0.15) is 10.2 Å². The van der Waals surface area contributed by atoms with Gasteiger partial charge in [0.2, 0.25) is 0 Å². The molecule has 1 unspecified atom stereocenters. The molecule has 0 aliphatic carbocycles. The maximum absolute atomic E-state index is 4.45. The van der Waals surface area contributed by atoms with Gasteiger partial charge in [-0.1, -0.05) is 0 Å². The summed E-state index contributed by atoms with van der Waals surface area (Å²) >= 11 is 0. The van der Waals surface area contributed by atoms with E-state index in [1.165, 1.54) is 5.69 Å². The Bertz CT molecular complexity index is 457. The molecule has 0 aliphatic heterocycles. The van der Waals surface area contributed by atoms with Crippen LogP contribution in [0.4, 0.5) is 0 Å². The monoisotopic (exact) mass is 233 g/mol. The summed E-state index contributed by atoms with van der Waals surface area (Å²) in [7, 11) is 0. The molecule has 5 heteroatoms. The number of aromatic nitrogens is 4. The Morgan fingerprint density at radius 2 is 2.29 bits per heavy atom. The van der Waals surface area contributed by atoms with Gasteiger partial charge in [0.1, 0.15) is 0 Å². The van der Waals surface area contributed by atoms with Gasteiger partial charge in [0.25, 0.3) is 0 Å². The number of hydrogen-bond acceptors (Lipinski definition) is 3. The molecule has 5 nitrogen and oxygen atoms in total. The summed E-state index contributed by atoms with van der Waals surface area (Å²) in [5, 5.41) is 14.7. The van der Waals surface area contributed by atoms with Crippen LogP contribution in [0.1, 0.15) is 24.0 Å². The van der Waals surface area contributed by atoms with Crippen molar-refractivity contribution in [2.75, 3.05) is 0 Å². The van der Waals surface area contributed by atoms with Gasteiger partial charge in [-0.3, -0.25) is 9.78 Å². The van der Waals surface area contributed by atoms with E-state index in [4.69, 9.17) is 0 Å². The Hall–Kier alpha value is -1.62. The number of nitrogens with zero attached hydrogens (tertiary/aromatic N) is 3. The molecule has 0 bridgehead atoms. The Morgan fingerprint density at radius 3 is 2.88 bits per heavy atom. The van der Waals surface area contributed by atoms with Crippen LogP contribution < -0.4 is 5.32 Å². The summed E-state index contributed by atoms with van der Waals surface area (Å²) in [4.78, 5) is 0. The van der Waals surface area contributed by atoms with Crippen LogP contribution in [0.5, 0.6) is 0 Å². The van der Waals surface area contributed by atoms with E-state index in [2.05, 4.69) is 40.5 Å². The standard InChI is InChI=1S/C12H19N5/c1-9-6-11(3)17(16-9)8-10(2)13-7-12-4-5-14-15-12/h4-6,10,13H,7-8H2,1-3H3,(H,14,15). The summed E-state index contributed by atoms with van der Waals surface area (Å²) in [5.41, 5.74) is 3.38. The molecule has 2 heterocycles. The average molecular weight is 233 g/mol. The zero-order valence-corrected chi connectivity index (χ0v) is 10.6. The van der Waals surface area contributed by atoms with E-state index in [1.807, 2.05) is 17.7 Å². The fourth-order valence-electron chi connectivity index (χ4n) is 1.85. The summed E-state index contributed by atoms with van der Waals surface area (Å²) in [5.74, 6) is 0. The Labute approximate surface area is 101 Å². The van der Waals surface area contributed by atoms with Gasteiger partial charge in [-0.15, -0.1) is 0 Å². The van der Waals surface area contributed by atoms with Crippen molar-refractivity contribution in [1.82, 2.24) is 25.3 Å². The molecule has 0 amide bonds. The predicted octanol–water partition coefficient (Wildman–Crippen LogP) is 1.40. The highest BCUT2D eigenvalue weighted by Gasteiger charge is 2.06. The molecule has 0 aromatic carbocycles. The fourth-order valence-corrected chi connectivity index (χ4v) is 1.85. The molecular weight excluding hydrogens is 214 g/mol. The molecule has 1 atom stereocenters. The molecule has 0 saturated heterocycles. The molecule has 0 aliphatic rings. The zero-order valence-electron chi connectivity index (χ0n) is 10.6. The van der Waals surface area contributed by atoms with Crippen molar-refractivity contribution in [2.45, 2.75) is 39.9 Å². The van der Waals surface area contributed by atoms with Gasteiger partial charge < -0.3 is 5.32 Å². The second-order valence-electron chi connectivity index (χ2n) is 4.47. The summed E-state index contributed by atoms with van der Waals surface area (Å²) in [6.07, 6.45) is 1.77. The van der Waals surface area contributed by atoms with Gasteiger partial charge in [0, 0.05) is 30.2 Å². The Morgan fingerprint density at radius 1 is 1.47 bits per heavy atom. The molecule has 2 aromatic heterocycles. The fraction of sp³-hybridized carbons (Fsp3) is 0.500. The van der Waals surface area contributed by atoms with Gasteiger partial charge in [0.05, 0.1) is 12.2 Å². The number of nitrogens with one attached hydrogen (secondary N) is 2. The van der Waals surface area contributed by atoms with Crippen molar-refractivity contribution in [3.8, 4) is 0 Å². The maximum Gasteiger partial charge on any atom is 0.0596 e. The molecule has 0 fully saturated rings. The van der Waals surface area contributed by atoms with Crippen LogP contribution in [0.15, 0.2) is 18.3 Å². The lowest BCUT2D eigenvalue weighted by atomic mass is 10.3. The smallest absolute Gasteiger partial charge is 0.0596 e. The maximum atomic E-state index is 4.45. The number of H-pyrrole nitrogens is 1. The first-order valence-electron chi connectivity index (χ1n) is 5.88. The van der Waals surface area contributed by atoms with Crippen LogP contribution in [0.2, 0.25) is 0 Å². The van der Waals surface area contributed by atoms with Crippen LogP contribution in [-0.4, -0.2) is 26.0 Å². The number of aromatic amines is 1. The van der Waals surface area contributed by atoms with Gasteiger partial charge in [-0.05, 0) is 32.9 Å². The highest BCUT2D eigenvalue weighted by Crippen LogP contribution is 2.03. The lowest BCUT2D eigenvalue weighted by Gasteiger charge is -2.14. The second kappa shape index (κ2) is 5.14. The predicted molar refractivity (Wildman–Crippen MR) is 66.6 cm³/mol. The lowest BCUT2D eigenvalue weighted by Crippen LogP contribution is -2.30. The number of aryl methyl sites for hydroxylation is 2. The minimum Gasteiger partial charge on any atom is -0.307 e. The first-order valence-corrected chi connectivity index (χ1v) is 5.88. The van der Waals surface area contributed by atoms with Crippen LogP contribution in [0.25, 0.3) is 0 Å². The minimum atomic E-state index is 0.372. The third-order valence-corrected chi connectivity index (χ3v) is 2.75. The molecule has 0 radical (unpaired) electrons. The molecule has 2 rings (SSSR count). The van der Waals surface area contributed by atoms with Crippen molar-refractivity contribution in [3.05, 3.63) is 35.4 Å². The molecular formula is C12H19N5. The topological polar surface area (TPSA) is 58.5 Å². The lowest BCUT2D eigenvalue weighted by molar-refractivity contribution is 0.441. The van der Waals surface area contributed by atoms with E-state index >= 15 is 0 Å². The highest BCUT2D eigenvalue weighted by molar-refractivity contribution is 5.06. The second-order valence-corrected chi connectivity index (χ2v) is 4.47. The van der Waals surface area contributed by atoms with E-state index in [9.17, 15) is 0 Å². The van der Waals surface area contributed by atoms with Gasteiger partial charge in [-0.25, -0.2) is 0 Å². The number of rotatable bonds is 5. The van der Waals surface area contributed by atoms with Gasteiger partial charge >= 0.3 is 0 Å². The van der Waals surface area contributed by atoms with Crippen LogP contribution in [-0.2, 0) is 13.1 Å². The van der Waals surface area contributed by atoms with Crippen molar-refractivity contribution < 1.29 is 0 Å². The molecule has 92 valence electrons. The van der Waals surface area contributed by atoms with E-state index in [0.717, 1.165) is 24.5 Å². The Balaban J connectivity index is 1.85. The third-order valence-electron chi connectivity index (χ3n) is 2.75. The van der Waals surface area contributed by atoms with E-state index < -0.39 is 0 Å². The van der Waals surface area contributed by atoms with Gasteiger partial charge in [0.15, 0.2) is 0 Å². The SMILES string of the molecule is Cc1cc(C)n(CC(C)NCc2ccn[nH]2)n1. The third kappa shape index (κ3) is 3.17. The molecule has 0 saturated carbocycles. The molecule has 2 N–H and O–H groups in total. The van der Waals surface area contributed by atoms with Crippen molar-refractivity contribution in [1.29, 1.82) is 0 Å². The van der Waals surface area contributed by atoms with Crippen LogP contribution >= 0.6 is 0 Å². The average Bonchev–Trinajstić information content (AvgIpc) is 2.87. The van der Waals surface area contributed by atoms with E-state index in [1.54, 1.807) is 6.20 Å².